The molecule has 37 heavy (non-hydrogen) atoms. The summed E-state index contributed by atoms with van der Waals surface area (Å²) in [5, 5.41) is 10.1. The van der Waals surface area contributed by atoms with Crippen molar-refractivity contribution in [3.05, 3.63) is 11.6 Å². The van der Waals surface area contributed by atoms with Gasteiger partial charge in [-0.05, 0) is 98.2 Å². The number of hydrogen-bond donors (Lipinski definition) is 1. The van der Waals surface area contributed by atoms with E-state index in [1.54, 1.807) is 6.92 Å². The van der Waals surface area contributed by atoms with Gasteiger partial charge in [-0.1, -0.05) is 32.4 Å². The van der Waals surface area contributed by atoms with Crippen LogP contribution in [0.2, 0.25) is 0 Å². The van der Waals surface area contributed by atoms with Crippen molar-refractivity contribution in [2.75, 3.05) is 0 Å². The molecule has 3 saturated carbocycles. The molecule has 0 radical (unpaired) electrons. The Balaban J connectivity index is 1.47. The smallest absolute Gasteiger partial charge is 0.393 e. The van der Waals surface area contributed by atoms with Crippen molar-refractivity contribution >= 4 is 0 Å². The quantitative estimate of drug-likeness (QED) is 0.260. The third kappa shape index (κ3) is 4.33. The molecule has 3 fully saturated rings. The summed E-state index contributed by atoms with van der Waals surface area (Å²) < 4.78 is 120. The van der Waals surface area contributed by atoms with Gasteiger partial charge in [-0.25, -0.2) is 0 Å². The van der Waals surface area contributed by atoms with Crippen molar-refractivity contribution in [1.29, 1.82) is 0 Å². The average Bonchev–Trinajstić information content (AvgIpc) is 3.14. The minimum absolute atomic E-state index is 0.0184. The maximum absolute atomic E-state index is 14.2. The van der Waals surface area contributed by atoms with E-state index in [0.717, 1.165) is 38.5 Å². The second-order valence-electron chi connectivity index (χ2n) is 12.8. The summed E-state index contributed by atoms with van der Waals surface area (Å²) in [6.07, 6.45) is -0.592. The number of halogens is 9. The van der Waals surface area contributed by atoms with Gasteiger partial charge in [0.1, 0.15) is 0 Å². The first-order chi connectivity index (χ1) is 16.8. The Hall–Kier alpha value is -0.930. The Morgan fingerprint density at radius 2 is 1.54 bits per heavy atom. The molecule has 214 valence electrons. The van der Waals surface area contributed by atoms with Crippen molar-refractivity contribution in [2.24, 2.45) is 40.4 Å². The monoisotopic (exact) mass is 548 g/mol. The second kappa shape index (κ2) is 9.05. The first-order valence-corrected chi connectivity index (χ1v) is 13.4. The fraction of sp³-hybridized carbons (Fsp3) is 0.926. The Kier molecular flexibility index (Phi) is 7.11. The molecular formula is C27H37F9O. The topological polar surface area (TPSA) is 20.2 Å². The van der Waals surface area contributed by atoms with Gasteiger partial charge in [0.2, 0.25) is 0 Å². The van der Waals surface area contributed by atoms with E-state index in [0.29, 0.717) is 30.6 Å². The first kappa shape index (κ1) is 29.1. The SMILES string of the molecule is C[C@H](CCC(F)(F)C(F)(F)C(F)(F)C(F)(F)F)[C@H]1CC[C@H]2[C@@H]3CC=C4C[C@@H](O)CC[C@]4(C)[C@H]3CC[C@]12C. The van der Waals surface area contributed by atoms with Crippen molar-refractivity contribution in [1.82, 2.24) is 0 Å². The highest BCUT2D eigenvalue weighted by Crippen LogP contribution is 2.67. The number of aliphatic hydroxyl groups excluding tert-OH is 1. The van der Waals surface area contributed by atoms with Crippen LogP contribution in [0, 0.1) is 40.4 Å². The van der Waals surface area contributed by atoms with Crippen LogP contribution in [0.5, 0.6) is 0 Å². The second-order valence-corrected chi connectivity index (χ2v) is 12.8. The molecule has 0 spiro atoms. The number of aliphatic hydroxyl groups is 1. The van der Waals surface area contributed by atoms with Crippen LogP contribution in [0.25, 0.3) is 0 Å². The van der Waals surface area contributed by atoms with Gasteiger partial charge in [0.15, 0.2) is 0 Å². The number of allylic oxidation sites excluding steroid dienone is 1. The summed E-state index contributed by atoms with van der Waals surface area (Å²) in [7, 11) is 0. The number of fused-ring (bicyclic) bond motifs is 5. The van der Waals surface area contributed by atoms with E-state index >= 15 is 0 Å². The van der Waals surface area contributed by atoms with Gasteiger partial charge in [-0.2, -0.15) is 39.5 Å². The van der Waals surface area contributed by atoms with E-state index < -0.39 is 42.7 Å². The fourth-order valence-corrected chi connectivity index (χ4v) is 8.79. The van der Waals surface area contributed by atoms with Crippen LogP contribution in [-0.4, -0.2) is 35.2 Å². The van der Waals surface area contributed by atoms with Crippen LogP contribution >= 0.6 is 0 Å². The fourth-order valence-electron chi connectivity index (χ4n) is 8.79. The molecule has 0 aromatic carbocycles. The number of rotatable bonds is 6. The van der Waals surface area contributed by atoms with Gasteiger partial charge >= 0.3 is 23.9 Å². The summed E-state index contributed by atoms with van der Waals surface area (Å²) in [6.45, 7) is 6.01. The van der Waals surface area contributed by atoms with Crippen molar-refractivity contribution in [2.45, 2.75) is 115 Å². The maximum atomic E-state index is 14.2. The molecule has 1 N–H and O–H groups in total. The molecule has 0 aliphatic heterocycles. The van der Waals surface area contributed by atoms with Gasteiger partial charge in [0.25, 0.3) is 0 Å². The van der Waals surface area contributed by atoms with Crippen LogP contribution in [-0.2, 0) is 0 Å². The van der Waals surface area contributed by atoms with Gasteiger partial charge in [0, 0.05) is 6.42 Å². The molecule has 4 rings (SSSR count). The largest absolute Gasteiger partial charge is 0.460 e. The molecule has 4 aliphatic carbocycles. The summed E-state index contributed by atoms with van der Waals surface area (Å²) >= 11 is 0. The highest BCUT2D eigenvalue weighted by molar-refractivity contribution is 5.25. The van der Waals surface area contributed by atoms with Gasteiger partial charge in [-0.15, -0.1) is 0 Å². The Morgan fingerprint density at radius 3 is 2.16 bits per heavy atom. The standard InChI is InChI=1S/C27H37F9O/c1-15(8-13-24(28,29)25(30,31)26(32,33)27(34,35)36)19-6-7-20-18-5-4-16-14-17(37)9-11-22(16,2)21(18)10-12-23(19,20)3/h4,15,17-21,37H,5-14H2,1-3H3/t15-,17+,18+,19-,20+,21+,22+,23-/m1/s1. The third-order valence-corrected chi connectivity index (χ3v) is 11.0. The summed E-state index contributed by atoms with van der Waals surface area (Å²) in [5.74, 6) is -18.4. The predicted octanol–water partition coefficient (Wildman–Crippen LogP) is 8.81. The molecule has 4 aliphatic rings. The van der Waals surface area contributed by atoms with Crippen molar-refractivity contribution < 1.29 is 44.6 Å². The molecule has 10 heteroatoms. The van der Waals surface area contributed by atoms with Gasteiger partial charge < -0.3 is 5.11 Å². The van der Waals surface area contributed by atoms with E-state index in [2.05, 4.69) is 19.9 Å². The molecule has 0 aromatic heterocycles. The minimum atomic E-state index is -6.83. The van der Waals surface area contributed by atoms with Crippen LogP contribution in [0.3, 0.4) is 0 Å². The van der Waals surface area contributed by atoms with Crippen LogP contribution in [0.1, 0.15) is 85.0 Å². The van der Waals surface area contributed by atoms with Gasteiger partial charge in [-0.3, -0.25) is 0 Å². The summed E-state index contributed by atoms with van der Waals surface area (Å²) in [4.78, 5) is 0. The predicted molar refractivity (Wildman–Crippen MR) is 120 cm³/mol. The summed E-state index contributed by atoms with van der Waals surface area (Å²) in [6, 6.07) is 0. The van der Waals surface area contributed by atoms with Crippen molar-refractivity contribution in [3.63, 3.8) is 0 Å². The normalized spacial score (nSPS) is 39.9. The van der Waals surface area contributed by atoms with Crippen molar-refractivity contribution in [3.8, 4) is 0 Å². The molecule has 0 amide bonds. The lowest BCUT2D eigenvalue weighted by Gasteiger charge is -2.58. The lowest BCUT2D eigenvalue weighted by atomic mass is 9.47. The molecule has 0 bridgehead atoms. The zero-order valence-corrected chi connectivity index (χ0v) is 21.5. The highest BCUT2D eigenvalue weighted by atomic mass is 19.4. The van der Waals surface area contributed by atoms with E-state index in [-0.39, 0.29) is 22.9 Å². The third-order valence-electron chi connectivity index (χ3n) is 11.0. The van der Waals surface area contributed by atoms with Crippen LogP contribution in [0.15, 0.2) is 11.6 Å². The molecule has 0 saturated heterocycles. The lowest BCUT2D eigenvalue weighted by Crippen LogP contribution is -2.60. The molecule has 1 nitrogen and oxygen atoms in total. The van der Waals surface area contributed by atoms with Gasteiger partial charge in [0.05, 0.1) is 6.10 Å². The molecule has 8 atom stereocenters. The molecule has 0 unspecified atom stereocenters. The Bertz CT molecular complexity index is 897. The number of hydrogen-bond acceptors (Lipinski definition) is 1. The lowest BCUT2D eigenvalue weighted by molar-refractivity contribution is -0.397. The minimum Gasteiger partial charge on any atom is -0.393 e. The van der Waals surface area contributed by atoms with E-state index in [4.69, 9.17) is 0 Å². The molecule has 0 heterocycles. The average molecular weight is 549 g/mol. The number of alkyl halides is 9. The molecular weight excluding hydrogens is 511 g/mol. The van der Waals surface area contributed by atoms with E-state index in [1.165, 1.54) is 5.57 Å². The zero-order chi connectivity index (χ0) is 27.8. The Labute approximate surface area is 212 Å². The maximum Gasteiger partial charge on any atom is 0.460 e. The molecule has 0 aromatic rings. The Morgan fingerprint density at radius 1 is 0.892 bits per heavy atom. The van der Waals surface area contributed by atoms with Crippen LogP contribution < -0.4 is 0 Å². The zero-order valence-electron chi connectivity index (χ0n) is 21.5. The highest BCUT2D eigenvalue weighted by Gasteiger charge is 2.81. The van der Waals surface area contributed by atoms with E-state index in [9.17, 15) is 44.6 Å². The first-order valence-electron chi connectivity index (χ1n) is 13.4. The van der Waals surface area contributed by atoms with E-state index in [1.807, 2.05) is 0 Å². The summed E-state index contributed by atoms with van der Waals surface area (Å²) in [5.41, 5.74) is 1.10. The van der Waals surface area contributed by atoms with Crippen LogP contribution in [0.4, 0.5) is 39.5 Å².